The first-order valence-electron chi connectivity index (χ1n) is 33.0. The summed E-state index contributed by atoms with van der Waals surface area (Å²) in [5, 5.41) is 11.8. The fraction of sp³-hybridized carbons (Fsp3) is 0.708. The highest BCUT2D eigenvalue weighted by atomic mass is 16.7. The molecule has 0 saturated carbocycles. The Balaban J connectivity index is 4.24. The molecule has 0 rings (SSSR count). The van der Waals surface area contributed by atoms with Crippen molar-refractivity contribution in [1.29, 1.82) is 0 Å². The van der Waals surface area contributed by atoms with Crippen LogP contribution in [0.2, 0.25) is 0 Å². The lowest BCUT2D eigenvalue weighted by Crippen LogP contribution is -2.44. The summed E-state index contributed by atoms with van der Waals surface area (Å²) < 4.78 is 22.7. The molecule has 0 aromatic heterocycles. The van der Waals surface area contributed by atoms with E-state index in [4.69, 9.17) is 18.9 Å². The first kappa shape index (κ1) is 77.0. The Morgan fingerprint density at radius 1 is 0.383 bits per heavy atom. The minimum absolute atomic E-state index is 0.137. The molecule has 0 heterocycles. The fourth-order valence-electron chi connectivity index (χ4n) is 8.96. The highest BCUT2D eigenvalue weighted by molar-refractivity contribution is 5.70. The Hall–Kier alpha value is -4.05. The number of carbonyl (C=O) groups excluding carboxylic acids is 3. The summed E-state index contributed by atoms with van der Waals surface area (Å²) in [4.78, 5) is 37.4. The van der Waals surface area contributed by atoms with Crippen LogP contribution in [0.25, 0.3) is 0 Å². The molecule has 464 valence electrons. The Labute approximate surface area is 498 Å². The lowest BCUT2D eigenvalue weighted by atomic mass is 10.0. The van der Waals surface area contributed by atoms with Crippen molar-refractivity contribution in [2.45, 2.75) is 283 Å². The molecule has 0 aliphatic heterocycles. The summed E-state index contributed by atoms with van der Waals surface area (Å²) in [7, 11) is 5.91. The van der Waals surface area contributed by atoms with Gasteiger partial charge in [0.25, 0.3) is 0 Å². The number of rotatable bonds is 60. The van der Waals surface area contributed by atoms with Crippen molar-refractivity contribution in [3.63, 3.8) is 0 Å². The molecule has 0 bridgehead atoms. The number of ether oxygens (including phenoxy) is 4. The van der Waals surface area contributed by atoms with Gasteiger partial charge in [-0.3, -0.25) is 9.59 Å². The van der Waals surface area contributed by atoms with Gasteiger partial charge in [0.15, 0.2) is 12.4 Å². The smallest absolute Gasteiger partial charge is 0.306 e. The second-order valence-electron chi connectivity index (χ2n) is 23.0. The molecule has 0 aromatic carbocycles. The number of unbranched alkanes of at least 4 members (excludes halogenated alkanes) is 27. The van der Waals surface area contributed by atoms with Crippen molar-refractivity contribution >= 4 is 17.9 Å². The topological polar surface area (TPSA) is 111 Å². The van der Waals surface area contributed by atoms with Crippen LogP contribution in [0.3, 0.4) is 0 Å². The van der Waals surface area contributed by atoms with Crippen LogP contribution in [0.5, 0.6) is 0 Å². The van der Waals surface area contributed by atoms with Crippen LogP contribution in [-0.2, 0) is 33.3 Å². The number of allylic oxidation sites excluding steroid dienone is 18. The molecule has 0 N–H and O–H groups in total. The van der Waals surface area contributed by atoms with Crippen LogP contribution in [0.1, 0.15) is 271 Å². The molecule has 2 atom stereocenters. The molecule has 2 unspecified atom stereocenters. The van der Waals surface area contributed by atoms with Gasteiger partial charge in [0.1, 0.15) is 13.2 Å². The zero-order valence-electron chi connectivity index (χ0n) is 52.9. The average Bonchev–Trinajstić information content (AvgIpc) is 3.44. The zero-order valence-corrected chi connectivity index (χ0v) is 52.9. The molecule has 0 amide bonds. The number of aliphatic carboxylic acids is 1. The third-order valence-electron chi connectivity index (χ3n) is 14.0. The van der Waals surface area contributed by atoms with Crippen molar-refractivity contribution < 1.29 is 42.9 Å². The highest BCUT2D eigenvalue weighted by Gasteiger charge is 2.22. The molecule has 0 radical (unpaired) electrons. The lowest BCUT2D eigenvalue weighted by molar-refractivity contribution is -0.870. The molecule has 9 nitrogen and oxygen atoms in total. The zero-order chi connectivity index (χ0) is 59.1. The standard InChI is InChI=1S/C72H123NO8/c1-6-8-10-12-14-16-18-20-22-24-26-28-30-32-34-35-37-39-41-43-45-47-49-51-53-55-57-59-61-63-70(75)81-68(67-80-72(71(76)77)78-65-64-73(3,4)5)66-79-69(74)62-60-58-56-54-52-50-48-46-44-42-40-38-36-33-31-29-27-25-23-21-19-17-15-13-11-9-7-2/h8,10,14,16,20,22,25-28,32,34,37,39,43,45,49,51,68,72H,6-7,9,11-13,15,17-19,21,23-24,29-31,33,35-36,38,40-42,44,46-48,50,52-67H2,1-5H3/b10-8-,16-14-,22-20-,27-25-,28-26-,34-32-,39-37-,45-43-,51-49-. The second-order valence-corrected chi connectivity index (χ2v) is 23.0. The van der Waals surface area contributed by atoms with E-state index in [1.54, 1.807) is 0 Å². The van der Waals surface area contributed by atoms with Crippen molar-refractivity contribution in [3.05, 3.63) is 109 Å². The third-order valence-corrected chi connectivity index (χ3v) is 14.0. The van der Waals surface area contributed by atoms with Gasteiger partial charge in [0, 0.05) is 12.8 Å². The average molecular weight is 1130 g/mol. The number of hydrogen-bond acceptors (Lipinski definition) is 8. The Bertz CT molecular complexity index is 1700. The fourth-order valence-corrected chi connectivity index (χ4v) is 8.96. The van der Waals surface area contributed by atoms with E-state index in [-0.39, 0.29) is 38.6 Å². The van der Waals surface area contributed by atoms with E-state index in [2.05, 4.69) is 123 Å². The minimum atomic E-state index is -1.64. The maximum atomic E-state index is 12.9. The van der Waals surface area contributed by atoms with Crippen molar-refractivity contribution in [3.8, 4) is 0 Å². The Morgan fingerprint density at radius 3 is 1.06 bits per heavy atom. The number of likely N-dealkylation sites (N-methyl/N-ethyl adjacent to an activating group) is 1. The SMILES string of the molecule is CC/C=C\C/C=C\C/C=C\C/C=C\C/C=C\C/C=C\C/C=C\C/C=C\CCCCCCC(=O)OC(COC(=O)CCCCCCCCCCCCCCCCC/C=C\CCCCCCCCCC)COC(OCC[N+](C)(C)C)C(=O)[O-]. The Morgan fingerprint density at radius 2 is 0.704 bits per heavy atom. The molecule has 81 heavy (non-hydrogen) atoms. The van der Waals surface area contributed by atoms with Crippen LogP contribution in [0, 0.1) is 0 Å². The van der Waals surface area contributed by atoms with Crippen LogP contribution in [0.4, 0.5) is 0 Å². The third kappa shape index (κ3) is 63.4. The van der Waals surface area contributed by atoms with Crippen LogP contribution < -0.4 is 5.11 Å². The van der Waals surface area contributed by atoms with E-state index in [1.807, 2.05) is 21.1 Å². The summed E-state index contributed by atoms with van der Waals surface area (Å²) in [6.07, 6.45) is 83.0. The molecule has 0 fully saturated rings. The monoisotopic (exact) mass is 1130 g/mol. The summed E-state index contributed by atoms with van der Waals surface area (Å²) in [5.41, 5.74) is 0. The molecule has 0 aromatic rings. The molecular formula is C72H123NO8. The Kier molecular flexibility index (Phi) is 58.9. The molecule has 0 aliphatic rings. The van der Waals surface area contributed by atoms with Gasteiger partial charge in [-0.15, -0.1) is 0 Å². The summed E-state index contributed by atoms with van der Waals surface area (Å²) in [5.74, 6) is -2.32. The van der Waals surface area contributed by atoms with Gasteiger partial charge in [0.2, 0.25) is 0 Å². The normalized spacial score (nSPS) is 13.4. The second kappa shape index (κ2) is 62.0. The van der Waals surface area contributed by atoms with E-state index in [1.165, 1.54) is 141 Å². The number of quaternary nitrogens is 1. The van der Waals surface area contributed by atoms with E-state index in [0.717, 1.165) is 96.3 Å². The van der Waals surface area contributed by atoms with Crippen molar-refractivity contribution in [2.75, 3.05) is 47.5 Å². The van der Waals surface area contributed by atoms with Gasteiger partial charge < -0.3 is 33.3 Å². The number of hydrogen-bond donors (Lipinski definition) is 0. The number of carboxylic acids is 1. The largest absolute Gasteiger partial charge is 0.545 e. The highest BCUT2D eigenvalue weighted by Crippen LogP contribution is 2.16. The van der Waals surface area contributed by atoms with Crippen LogP contribution in [0.15, 0.2) is 109 Å². The molecule has 9 heteroatoms. The first-order valence-corrected chi connectivity index (χ1v) is 33.0. The van der Waals surface area contributed by atoms with Crippen LogP contribution in [-0.4, -0.2) is 82.3 Å². The van der Waals surface area contributed by atoms with Crippen LogP contribution >= 0.6 is 0 Å². The van der Waals surface area contributed by atoms with E-state index < -0.39 is 24.3 Å². The van der Waals surface area contributed by atoms with Gasteiger partial charge in [0.05, 0.1) is 40.3 Å². The molecular weight excluding hydrogens is 1010 g/mol. The van der Waals surface area contributed by atoms with Gasteiger partial charge in [-0.05, 0) is 103 Å². The maximum absolute atomic E-state index is 12.9. The van der Waals surface area contributed by atoms with E-state index >= 15 is 0 Å². The minimum Gasteiger partial charge on any atom is -0.545 e. The van der Waals surface area contributed by atoms with Crippen molar-refractivity contribution in [2.24, 2.45) is 0 Å². The summed E-state index contributed by atoms with van der Waals surface area (Å²) in [6, 6.07) is 0. The molecule has 0 spiro atoms. The van der Waals surface area contributed by atoms with Gasteiger partial charge in [-0.25, -0.2) is 0 Å². The quantitative estimate of drug-likeness (QED) is 0.0195. The van der Waals surface area contributed by atoms with Crippen molar-refractivity contribution in [1.82, 2.24) is 0 Å². The summed E-state index contributed by atoms with van der Waals surface area (Å²) in [6.45, 7) is 4.62. The van der Waals surface area contributed by atoms with Gasteiger partial charge in [-0.2, -0.15) is 0 Å². The first-order chi connectivity index (χ1) is 39.6. The van der Waals surface area contributed by atoms with Gasteiger partial charge in [-0.1, -0.05) is 264 Å². The molecule has 0 aliphatic carbocycles. The maximum Gasteiger partial charge on any atom is 0.306 e. The number of esters is 2. The van der Waals surface area contributed by atoms with Gasteiger partial charge >= 0.3 is 11.9 Å². The lowest BCUT2D eigenvalue weighted by Gasteiger charge is -2.26. The molecule has 0 saturated heterocycles. The predicted molar refractivity (Wildman–Crippen MR) is 343 cm³/mol. The summed E-state index contributed by atoms with van der Waals surface area (Å²) >= 11 is 0. The number of nitrogens with zero attached hydrogens (tertiary/aromatic N) is 1. The predicted octanol–water partition coefficient (Wildman–Crippen LogP) is 18.9. The van der Waals surface area contributed by atoms with E-state index in [9.17, 15) is 19.5 Å². The number of carbonyl (C=O) groups is 3. The van der Waals surface area contributed by atoms with E-state index in [0.29, 0.717) is 17.4 Å². The number of carboxylic acid groups (broad SMARTS) is 1.